The number of nitrogens with zero attached hydrogens (tertiary/aromatic N) is 2. The zero-order valence-corrected chi connectivity index (χ0v) is 14.4. The molecule has 7 nitrogen and oxygen atoms in total. The van der Waals surface area contributed by atoms with E-state index >= 15 is 0 Å². The van der Waals surface area contributed by atoms with Gasteiger partial charge in [-0.05, 0) is 31.9 Å². The van der Waals surface area contributed by atoms with Gasteiger partial charge >= 0.3 is 6.09 Å². The van der Waals surface area contributed by atoms with E-state index in [2.05, 4.69) is 5.32 Å². The topological polar surface area (TPSA) is 79.0 Å². The number of anilines is 1. The van der Waals surface area contributed by atoms with Crippen molar-refractivity contribution in [2.45, 2.75) is 19.8 Å². The number of ether oxygens (including phenoxy) is 1. The normalized spacial score (nSPS) is 18.4. The lowest BCUT2D eigenvalue weighted by Gasteiger charge is -2.35. The highest BCUT2D eigenvalue weighted by atomic mass is 16.6. The lowest BCUT2D eigenvalue weighted by atomic mass is 10.0. The SMILES string of the molecule is CCOC(=O)N1CCN(C(=O)C2(C(=O)Nc3ccccc3)CC2)CC1. The van der Waals surface area contributed by atoms with E-state index in [1.165, 1.54) is 0 Å². The van der Waals surface area contributed by atoms with Gasteiger partial charge in [0.1, 0.15) is 5.41 Å². The average molecular weight is 345 g/mol. The highest BCUT2D eigenvalue weighted by Gasteiger charge is 2.58. The van der Waals surface area contributed by atoms with Gasteiger partial charge in [-0.3, -0.25) is 9.59 Å². The lowest BCUT2D eigenvalue weighted by Crippen LogP contribution is -2.53. The summed E-state index contributed by atoms with van der Waals surface area (Å²) in [6.07, 6.45) is 0.795. The van der Waals surface area contributed by atoms with Crippen LogP contribution in [0.25, 0.3) is 0 Å². The van der Waals surface area contributed by atoms with E-state index in [9.17, 15) is 14.4 Å². The molecule has 2 aliphatic rings. The van der Waals surface area contributed by atoms with Crippen LogP contribution < -0.4 is 5.32 Å². The van der Waals surface area contributed by atoms with Crippen molar-refractivity contribution in [1.29, 1.82) is 0 Å². The number of rotatable bonds is 4. The van der Waals surface area contributed by atoms with Crippen molar-refractivity contribution < 1.29 is 19.1 Å². The summed E-state index contributed by atoms with van der Waals surface area (Å²) in [5, 5.41) is 2.84. The highest BCUT2D eigenvalue weighted by molar-refractivity contribution is 6.13. The molecule has 1 saturated carbocycles. The number of hydrogen-bond acceptors (Lipinski definition) is 4. The van der Waals surface area contributed by atoms with Crippen molar-refractivity contribution in [1.82, 2.24) is 9.80 Å². The molecule has 0 unspecified atom stereocenters. The Morgan fingerprint density at radius 1 is 1.04 bits per heavy atom. The first-order chi connectivity index (χ1) is 12.1. The first-order valence-corrected chi connectivity index (χ1v) is 8.64. The summed E-state index contributed by atoms with van der Waals surface area (Å²) in [4.78, 5) is 40.5. The van der Waals surface area contributed by atoms with Crippen LogP contribution in [-0.2, 0) is 14.3 Å². The molecule has 0 atom stereocenters. The maximum absolute atomic E-state index is 12.8. The first kappa shape index (κ1) is 17.3. The molecular formula is C18H23N3O4. The Kier molecular flexibility index (Phi) is 4.92. The minimum Gasteiger partial charge on any atom is -0.450 e. The Hall–Kier alpha value is -2.57. The van der Waals surface area contributed by atoms with Gasteiger partial charge in [-0.15, -0.1) is 0 Å². The summed E-state index contributed by atoms with van der Waals surface area (Å²) < 4.78 is 4.98. The highest BCUT2D eigenvalue weighted by Crippen LogP contribution is 2.48. The molecule has 1 aromatic carbocycles. The van der Waals surface area contributed by atoms with Crippen LogP contribution in [0.4, 0.5) is 10.5 Å². The zero-order chi connectivity index (χ0) is 17.9. The van der Waals surface area contributed by atoms with Crippen molar-refractivity contribution in [2.24, 2.45) is 5.41 Å². The van der Waals surface area contributed by atoms with Crippen LogP contribution in [-0.4, -0.2) is 60.5 Å². The van der Waals surface area contributed by atoms with Gasteiger partial charge in [-0.1, -0.05) is 18.2 Å². The molecule has 1 aliphatic carbocycles. The second kappa shape index (κ2) is 7.13. The predicted octanol–water partition coefficient (Wildman–Crippen LogP) is 1.71. The number of carbonyl (C=O) groups is 3. The van der Waals surface area contributed by atoms with Crippen LogP contribution in [0.3, 0.4) is 0 Å². The average Bonchev–Trinajstić information content (AvgIpc) is 3.44. The Balaban J connectivity index is 1.58. The Morgan fingerprint density at radius 3 is 2.20 bits per heavy atom. The Bertz CT molecular complexity index is 650. The van der Waals surface area contributed by atoms with Crippen molar-refractivity contribution in [3.63, 3.8) is 0 Å². The van der Waals surface area contributed by atoms with Gasteiger partial charge in [-0.25, -0.2) is 4.79 Å². The van der Waals surface area contributed by atoms with E-state index < -0.39 is 5.41 Å². The summed E-state index contributed by atoms with van der Waals surface area (Å²) in [6, 6.07) is 9.15. The van der Waals surface area contributed by atoms with Gasteiger partial charge in [0.2, 0.25) is 11.8 Å². The van der Waals surface area contributed by atoms with E-state index in [1.54, 1.807) is 28.9 Å². The molecule has 0 radical (unpaired) electrons. The van der Waals surface area contributed by atoms with Gasteiger partial charge in [-0.2, -0.15) is 0 Å². The Labute approximate surface area is 146 Å². The van der Waals surface area contributed by atoms with Gasteiger partial charge in [0.15, 0.2) is 0 Å². The van der Waals surface area contributed by atoms with Crippen molar-refractivity contribution in [3.05, 3.63) is 30.3 Å². The summed E-state index contributed by atoms with van der Waals surface area (Å²) in [5.74, 6) is -0.374. The summed E-state index contributed by atoms with van der Waals surface area (Å²) in [5.41, 5.74) is -0.249. The third-order valence-electron chi connectivity index (χ3n) is 4.72. The maximum Gasteiger partial charge on any atom is 0.409 e. The molecule has 3 amide bonds. The third-order valence-corrected chi connectivity index (χ3v) is 4.72. The summed E-state index contributed by atoms with van der Waals surface area (Å²) >= 11 is 0. The van der Waals surface area contributed by atoms with Crippen LogP contribution in [0.5, 0.6) is 0 Å². The molecule has 7 heteroatoms. The van der Waals surface area contributed by atoms with Gasteiger partial charge in [0.25, 0.3) is 0 Å². The number of benzene rings is 1. The number of nitrogens with one attached hydrogen (secondary N) is 1. The maximum atomic E-state index is 12.8. The minimum absolute atomic E-state index is 0.135. The van der Waals surface area contributed by atoms with Gasteiger partial charge in [0, 0.05) is 31.9 Å². The lowest BCUT2D eigenvalue weighted by molar-refractivity contribution is -0.143. The first-order valence-electron chi connectivity index (χ1n) is 8.64. The molecule has 3 rings (SSSR count). The molecule has 1 heterocycles. The molecular weight excluding hydrogens is 322 g/mol. The van der Waals surface area contributed by atoms with Crippen LogP contribution in [0, 0.1) is 5.41 Å². The minimum atomic E-state index is -0.943. The smallest absolute Gasteiger partial charge is 0.409 e. The fourth-order valence-corrected chi connectivity index (χ4v) is 3.04. The molecule has 0 aromatic heterocycles. The Morgan fingerprint density at radius 2 is 1.64 bits per heavy atom. The number of carbonyl (C=O) groups excluding carboxylic acids is 3. The molecule has 2 fully saturated rings. The third kappa shape index (κ3) is 3.60. The van der Waals surface area contributed by atoms with Crippen LogP contribution in [0.2, 0.25) is 0 Å². The fourth-order valence-electron chi connectivity index (χ4n) is 3.04. The second-order valence-corrected chi connectivity index (χ2v) is 6.38. The van der Waals surface area contributed by atoms with Gasteiger partial charge < -0.3 is 19.9 Å². The second-order valence-electron chi connectivity index (χ2n) is 6.38. The number of piperazine rings is 1. The number of amides is 3. The van der Waals surface area contributed by atoms with Crippen LogP contribution in [0.15, 0.2) is 30.3 Å². The summed E-state index contributed by atoms with van der Waals surface area (Å²) in [6.45, 7) is 3.82. The molecule has 1 aromatic rings. The van der Waals surface area contributed by atoms with Crippen LogP contribution in [0.1, 0.15) is 19.8 Å². The predicted molar refractivity (Wildman–Crippen MR) is 91.9 cm³/mol. The number of hydrogen-bond donors (Lipinski definition) is 1. The van der Waals surface area contributed by atoms with E-state index in [4.69, 9.17) is 4.74 Å². The largest absolute Gasteiger partial charge is 0.450 e. The van der Waals surface area contributed by atoms with Crippen molar-refractivity contribution in [2.75, 3.05) is 38.1 Å². The van der Waals surface area contributed by atoms with E-state index in [-0.39, 0.29) is 17.9 Å². The van der Waals surface area contributed by atoms with Crippen molar-refractivity contribution in [3.8, 4) is 0 Å². The molecule has 134 valence electrons. The zero-order valence-electron chi connectivity index (χ0n) is 14.4. The van der Waals surface area contributed by atoms with Crippen molar-refractivity contribution >= 4 is 23.6 Å². The van der Waals surface area contributed by atoms with E-state index in [0.717, 1.165) is 0 Å². The molecule has 0 bridgehead atoms. The van der Waals surface area contributed by atoms with E-state index in [1.807, 2.05) is 18.2 Å². The molecule has 1 saturated heterocycles. The summed E-state index contributed by atoms with van der Waals surface area (Å²) in [7, 11) is 0. The van der Waals surface area contributed by atoms with Crippen LogP contribution >= 0.6 is 0 Å². The molecule has 1 N–H and O–H groups in total. The molecule has 1 aliphatic heterocycles. The number of para-hydroxylation sites is 1. The fraction of sp³-hybridized carbons (Fsp3) is 0.500. The quantitative estimate of drug-likeness (QED) is 0.843. The molecule has 25 heavy (non-hydrogen) atoms. The van der Waals surface area contributed by atoms with Gasteiger partial charge in [0.05, 0.1) is 6.61 Å². The molecule has 0 spiro atoms. The monoisotopic (exact) mass is 345 g/mol. The van der Waals surface area contributed by atoms with E-state index in [0.29, 0.717) is 51.3 Å². The standard InChI is InChI=1S/C18H23N3O4/c1-2-25-17(24)21-12-10-20(11-13-21)16(23)18(8-9-18)15(22)19-14-6-4-3-5-7-14/h3-7H,2,8-13H2,1H3,(H,19,22).